The molecule has 3 aliphatic heterocycles. The standard InChI is InChI=1S/C28H42N8O5/c29-25-24-26(36(17-31-24)28(10-2-14-40-28)11-7-22(37)32-19-5-6-19)34-21(33-25)4-1-3-18-8-12-35(13-9-18)27(39)41-20-15-23(38)30-16-20/h1,4,17-20,22-23,30,32,37-38H,2-3,5-16H2,(H2,29,33,34)/b4-1+. The number of aliphatic hydroxyl groups is 2. The zero-order valence-electron chi connectivity index (χ0n) is 23.5. The van der Waals surface area contributed by atoms with Crippen molar-refractivity contribution in [2.24, 2.45) is 5.92 Å². The number of likely N-dealkylation sites (tertiary alicyclic amines) is 1. The first-order valence-corrected chi connectivity index (χ1v) is 15.0. The SMILES string of the molecule is Nc1nc(/C=C/CC2CCN(C(=O)OC3CNC(O)C3)CC2)nc2c1ncn2C1(CCC(O)NC2CC2)CCCO1. The van der Waals surface area contributed by atoms with E-state index in [9.17, 15) is 15.0 Å². The van der Waals surface area contributed by atoms with Crippen molar-refractivity contribution < 1.29 is 24.5 Å². The highest BCUT2D eigenvalue weighted by Crippen LogP contribution is 2.38. The van der Waals surface area contributed by atoms with Gasteiger partial charge in [0.15, 0.2) is 17.3 Å². The largest absolute Gasteiger partial charge is 0.445 e. The van der Waals surface area contributed by atoms with E-state index in [0.29, 0.717) is 80.3 Å². The molecule has 0 bridgehead atoms. The highest BCUT2D eigenvalue weighted by molar-refractivity contribution is 5.82. The van der Waals surface area contributed by atoms with Crippen molar-refractivity contribution in [2.75, 3.05) is 32.0 Å². The van der Waals surface area contributed by atoms with Gasteiger partial charge in [-0.3, -0.25) is 15.2 Å². The number of nitrogen functional groups attached to an aromatic ring is 1. The van der Waals surface area contributed by atoms with Gasteiger partial charge in [0.1, 0.15) is 29.8 Å². The van der Waals surface area contributed by atoms with Crippen LogP contribution in [0, 0.1) is 5.92 Å². The van der Waals surface area contributed by atoms with Crippen molar-refractivity contribution in [3.63, 3.8) is 0 Å². The number of piperidine rings is 1. The molecule has 0 aromatic carbocycles. The first-order valence-electron chi connectivity index (χ1n) is 15.0. The minimum absolute atomic E-state index is 0.273. The minimum Gasteiger partial charge on any atom is -0.445 e. The van der Waals surface area contributed by atoms with Crippen LogP contribution in [0.4, 0.5) is 10.6 Å². The van der Waals surface area contributed by atoms with E-state index < -0.39 is 18.2 Å². The summed E-state index contributed by atoms with van der Waals surface area (Å²) in [6, 6.07) is 0.431. The van der Waals surface area contributed by atoms with E-state index >= 15 is 0 Å². The van der Waals surface area contributed by atoms with Crippen LogP contribution in [0.15, 0.2) is 12.4 Å². The van der Waals surface area contributed by atoms with Crippen LogP contribution in [0.25, 0.3) is 17.2 Å². The molecule has 6 N–H and O–H groups in total. The second-order valence-electron chi connectivity index (χ2n) is 11.9. The molecule has 4 unspecified atom stereocenters. The van der Waals surface area contributed by atoms with Crippen molar-refractivity contribution in [1.82, 2.24) is 35.1 Å². The first kappa shape index (κ1) is 28.3. The molecule has 4 atom stereocenters. The smallest absolute Gasteiger partial charge is 0.410 e. The maximum atomic E-state index is 12.5. The van der Waals surface area contributed by atoms with Gasteiger partial charge in [-0.2, -0.15) is 0 Å². The van der Waals surface area contributed by atoms with Gasteiger partial charge < -0.3 is 30.3 Å². The number of carbonyl (C=O) groups is 1. The van der Waals surface area contributed by atoms with E-state index in [1.807, 2.05) is 10.6 Å². The Bertz CT molecular complexity index is 1240. The molecule has 2 aromatic rings. The predicted octanol–water partition coefficient (Wildman–Crippen LogP) is 1.65. The Kier molecular flexibility index (Phi) is 8.40. The summed E-state index contributed by atoms with van der Waals surface area (Å²) in [6.45, 7) is 2.45. The number of imidazole rings is 1. The fraction of sp³-hybridized carbons (Fsp3) is 0.714. The molecule has 6 rings (SSSR count). The van der Waals surface area contributed by atoms with Gasteiger partial charge in [-0.25, -0.2) is 19.7 Å². The highest BCUT2D eigenvalue weighted by Gasteiger charge is 2.39. The van der Waals surface area contributed by atoms with E-state index in [0.717, 1.165) is 44.9 Å². The Morgan fingerprint density at radius 2 is 2.15 bits per heavy atom. The molecule has 41 heavy (non-hydrogen) atoms. The van der Waals surface area contributed by atoms with E-state index in [-0.39, 0.29) is 12.2 Å². The lowest BCUT2D eigenvalue weighted by molar-refractivity contribution is -0.0759. The lowest BCUT2D eigenvalue weighted by Gasteiger charge is -2.31. The summed E-state index contributed by atoms with van der Waals surface area (Å²) >= 11 is 0. The maximum absolute atomic E-state index is 12.5. The fourth-order valence-corrected chi connectivity index (χ4v) is 6.18. The third kappa shape index (κ3) is 6.64. The van der Waals surface area contributed by atoms with E-state index in [1.54, 1.807) is 11.2 Å². The normalized spacial score (nSPS) is 28.2. The highest BCUT2D eigenvalue weighted by atomic mass is 16.6. The molecule has 3 saturated heterocycles. The Morgan fingerprint density at radius 3 is 2.85 bits per heavy atom. The summed E-state index contributed by atoms with van der Waals surface area (Å²) in [5, 5.41) is 26.2. The molecular formula is C28H42N8O5. The molecule has 0 spiro atoms. The van der Waals surface area contributed by atoms with Gasteiger partial charge in [0, 0.05) is 38.7 Å². The zero-order chi connectivity index (χ0) is 28.4. The van der Waals surface area contributed by atoms with E-state index in [2.05, 4.69) is 26.7 Å². The minimum atomic E-state index is -0.619. The topological polar surface area (TPSA) is 173 Å². The number of nitrogens with zero attached hydrogens (tertiary/aromatic N) is 5. The Labute approximate surface area is 239 Å². The maximum Gasteiger partial charge on any atom is 0.410 e. The molecule has 4 aliphatic rings. The number of aliphatic hydroxyl groups excluding tert-OH is 2. The summed E-state index contributed by atoms with van der Waals surface area (Å²) in [5.41, 5.74) is 6.87. The number of rotatable bonds is 10. The molecule has 224 valence electrons. The molecule has 1 saturated carbocycles. The fourth-order valence-electron chi connectivity index (χ4n) is 6.18. The van der Waals surface area contributed by atoms with Crippen LogP contribution in [0.1, 0.15) is 70.0 Å². The number of carbonyl (C=O) groups excluding carboxylic acids is 1. The number of hydrogen-bond acceptors (Lipinski definition) is 11. The molecule has 4 fully saturated rings. The van der Waals surface area contributed by atoms with Crippen molar-refractivity contribution >= 4 is 29.2 Å². The molecule has 2 aromatic heterocycles. The van der Waals surface area contributed by atoms with Crippen LogP contribution in [0.5, 0.6) is 0 Å². The van der Waals surface area contributed by atoms with Gasteiger partial charge in [-0.1, -0.05) is 6.08 Å². The monoisotopic (exact) mass is 570 g/mol. The number of amides is 1. The quantitative estimate of drug-likeness (QED) is 0.263. The second kappa shape index (κ2) is 12.2. The third-order valence-corrected chi connectivity index (χ3v) is 8.72. The van der Waals surface area contributed by atoms with Crippen LogP contribution >= 0.6 is 0 Å². The van der Waals surface area contributed by atoms with Crippen molar-refractivity contribution in [3.05, 3.63) is 18.2 Å². The Morgan fingerprint density at radius 1 is 1.32 bits per heavy atom. The number of hydrogen-bond donors (Lipinski definition) is 5. The van der Waals surface area contributed by atoms with Crippen LogP contribution in [0.2, 0.25) is 0 Å². The molecule has 5 heterocycles. The Balaban J connectivity index is 1.06. The van der Waals surface area contributed by atoms with Crippen molar-refractivity contribution in [2.45, 2.75) is 94.5 Å². The zero-order valence-corrected chi connectivity index (χ0v) is 23.5. The number of allylic oxidation sites excluding steroid dienone is 1. The van der Waals surface area contributed by atoms with Gasteiger partial charge in [-0.15, -0.1) is 0 Å². The average Bonchev–Trinajstić information content (AvgIpc) is 3.30. The number of fused-ring (bicyclic) bond motifs is 1. The average molecular weight is 571 g/mol. The number of nitrogens with one attached hydrogen (secondary N) is 2. The van der Waals surface area contributed by atoms with E-state index in [4.69, 9.17) is 20.2 Å². The first-order chi connectivity index (χ1) is 19.9. The number of ether oxygens (including phenoxy) is 2. The molecule has 13 nitrogen and oxygen atoms in total. The molecular weight excluding hydrogens is 528 g/mol. The van der Waals surface area contributed by atoms with Crippen LogP contribution in [0.3, 0.4) is 0 Å². The summed E-state index contributed by atoms with van der Waals surface area (Å²) in [6.07, 6.45) is 12.2. The summed E-state index contributed by atoms with van der Waals surface area (Å²) in [7, 11) is 0. The second-order valence-corrected chi connectivity index (χ2v) is 11.9. The summed E-state index contributed by atoms with van der Waals surface area (Å²) < 4.78 is 13.8. The van der Waals surface area contributed by atoms with Gasteiger partial charge in [0.25, 0.3) is 0 Å². The van der Waals surface area contributed by atoms with Crippen LogP contribution in [-0.2, 0) is 15.2 Å². The summed E-state index contributed by atoms with van der Waals surface area (Å²) in [5.74, 6) is 1.30. The van der Waals surface area contributed by atoms with Gasteiger partial charge in [0.2, 0.25) is 0 Å². The number of nitrogens with two attached hydrogens (primary N) is 1. The lowest BCUT2D eigenvalue weighted by atomic mass is 9.93. The van der Waals surface area contributed by atoms with Gasteiger partial charge >= 0.3 is 6.09 Å². The molecule has 13 heteroatoms. The predicted molar refractivity (Wildman–Crippen MR) is 151 cm³/mol. The lowest BCUT2D eigenvalue weighted by Crippen LogP contribution is -2.40. The molecule has 1 amide bonds. The summed E-state index contributed by atoms with van der Waals surface area (Å²) in [4.78, 5) is 28.0. The number of aromatic nitrogens is 4. The van der Waals surface area contributed by atoms with Gasteiger partial charge in [-0.05, 0) is 69.8 Å². The van der Waals surface area contributed by atoms with E-state index in [1.165, 1.54) is 0 Å². The molecule has 0 radical (unpaired) electrons. The van der Waals surface area contributed by atoms with Gasteiger partial charge in [0.05, 0.1) is 6.33 Å². The van der Waals surface area contributed by atoms with Crippen molar-refractivity contribution in [3.8, 4) is 0 Å². The van der Waals surface area contributed by atoms with Crippen LogP contribution < -0.4 is 16.4 Å². The van der Waals surface area contributed by atoms with Crippen molar-refractivity contribution in [1.29, 1.82) is 0 Å². The molecule has 1 aliphatic carbocycles. The van der Waals surface area contributed by atoms with Crippen LogP contribution in [-0.4, -0.2) is 91.6 Å². The Hall–Kier alpha value is -2.84. The number of anilines is 1. The third-order valence-electron chi connectivity index (χ3n) is 8.72.